The van der Waals surface area contributed by atoms with Crippen molar-refractivity contribution in [1.82, 2.24) is 4.90 Å². The third kappa shape index (κ3) is 5.67. The fourth-order valence-electron chi connectivity index (χ4n) is 2.47. The number of rotatable bonds is 9. The SMILES string of the molecule is COCCN(Cc1ccc(OC)cc1)CC(O)c1ccccc1. The van der Waals surface area contributed by atoms with Gasteiger partial charge in [-0.1, -0.05) is 42.5 Å². The summed E-state index contributed by atoms with van der Waals surface area (Å²) in [6, 6.07) is 17.8. The molecule has 0 heterocycles. The van der Waals surface area contributed by atoms with Crippen molar-refractivity contribution in [2.24, 2.45) is 0 Å². The quantitative estimate of drug-likeness (QED) is 0.772. The van der Waals surface area contributed by atoms with Gasteiger partial charge in [0.2, 0.25) is 0 Å². The second kappa shape index (κ2) is 9.30. The van der Waals surface area contributed by atoms with Crippen molar-refractivity contribution in [3.8, 4) is 5.75 Å². The molecule has 0 saturated carbocycles. The summed E-state index contributed by atoms with van der Waals surface area (Å²) in [6.45, 7) is 2.74. The minimum absolute atomic E-state index is 0.508. The molecule has 0 aliphatic carbocycles. The smallest absolute Gasteiger partial charge is 0.118 e. The molecule has 23 heavy (non-hydrogen) atoms. The van der Waals surface area contributed by atoms with Crippen molar-refractivity contribution in [1.29, 1.82) is 0 Å². The van der Waals surface area contributed by atoms with Gasteiger partial charge in [0.1, 0.15) is 5.75 Å². The van der Waals surface area contributed by atoms with Gasteiger partial charge in [-0.3, -0.25) is 4.90 Å². The van der Waals surface area contributed by atoms with Crippen LogP contribution in [0.25, 0.3) is 0 Å². The van der Waals surface area contributed by atoms with Crippen LogP contribution in [-0.2, 0) is 11.3 Å². The predicted molar refractivity (Wildman–Crippen MR) is 91.5 cm³/mol. The Bertz CT molecular complexity index is 557. The predicted octanol–water partition coefficient (Wildman–Crippen LogP) is 2.88. The normalized spacial score (nSPS) is 12.3. The molecule has 0 fully saturated rings. The van der Waals surface area contributed by atoms with E-state index in [4.69, 9.17) is 9.47 Å². The monoisotopic (exact) mass is 315 g/mol. The van der Waals surface area contributed by atoms with Crippen LogP contribution in [0.1, 0.15) is 17.2 Å². The van der Waals surface area contributed by atoms with Gasteiger partial charge in [0.15, 0.2) is 0 Å². The lowest BCUT2D eigenvalue weighted by Crippen LogP contribution is -2.31. The molecule has 4 nitrogen and oxygen atoms in total. The number of aliphatic hydroxyl groups is 1. The molecule has 0 aliphatic heterocycles. The number of ether oxygens (including phenoxy) is 2. The maximum absolute atomic E-state index is 10.4. The summed E-state index contributed by atoms with van der Waals surface area (Å²) in [4.78, 5) is 2.20. The lowest BCUT2D eigenvalue weighted by atomic mass is 10.1. The summed E-state index contributed by atoms with van der Waals surface area (Å²) in [5.74, 6) is 0.849. The molecule has 0 radical (unpaired) electrons. The van der Waals surface area contributed by atoms with Gasteiger partial charge < -0.3 is 14.6 Å². The Hall–Kier alpha value is -1.88. The molecular weight excluding hydrogens is 290 g/mol. The first-order valence-electron chi connectivity index (χ1n) is 7.80. The van der Waals surface area contributed by atoms with Gasteiger partial charge in [-0.05, 0) is 23.3 Å². The number of hydrogen-bond acceptors (Lipinski definition) is 4. The highest BCUT2D eigenvalue weighted by Gasteiger charge is 2.14. The lowest BCUT2D eigenvalue weighted by Gasteiger charge is -2.25. The lowest BCUT2D eigenvalue weighted by molar-refractivity contribution is 0.0849. The summed E-state index contributed by atoms with van der Waals surface area (Å²) in [5.41, 5.74) is 2.12. The molecule has 0 saturated heterocycles. The highest BCUT2D eigenvalue weighted by Crippen LogP contribution is 2.17. The number of aliphatic hydroxyl groups excluding tert-OH is 1. The van der Waals surface area contributed by atoms with Crippen LogP contribution in [0.2, 0.25) is 0 Å². The Morgan fingerprint density at radius 1 is 1.00 bits per heavy atom. The van der Waals surface area contributed by atoms with E-state index in [1.807, 2.05) is 54.6 Å². The molecule has 0 aliphatic rings. The van der Waals surface area contributed by atoms with Gasteiger partial charge in [0, 0.05) is 26.7 Å². The van der Waals surface area contributed by atoms with E-state index in [0.717, 1.165) is 24.4 Å². The summed E-state index contributed by atoms with van der Waals surface area (Å²) in [5, 5.41) is 10.4. The molecule has 1 atom stereocenters. The van der Waals surface area contributed by atoms with Gasteiger partial charge in [0.05, 0.1) is 19.8 Å². The van der Waals surface area contributed by atoms with Gasteiger partial charge in [-0.15, -0.1) is 0 Å². The molecule has 2 rings (SSSR count). The van der Waals surface area contributed by atoms with Crippen LogP contribution in [0, 0.1) is 0 Å². The minimum atomic E-state index is -0.508. The molecule has 124 valence electrons. The molecule has 1 unspecified atom stereocenters. The first-order chi connectivity index (χ1) is 11.2. The van der Waals surface area contributed by atoms with Crippen LogP contribution < -0.4 is 4.74 Å². The number of nitrogens with zero attached hydrogens (tertiary/aromatic N) is 1. The summed E-state index contributed by atoms with van der Waals surface area (Å²) < 4.78 is 10.4. The van der Waals surface area contributed by atoms with E-state index >= 15 is 0 Å². The maximum atomic E-state index is 10.4. The van der Waals surface area contributed by atoms with Gasteiger partial charge in [0.25, 0.3) is 0 Å². The highest BCUT2D eigenvalue weighted by molar-refractivity contribution is 5.27. The summed E-state index contributed by atoms with van der Waals surface area (Å²) >= 11 is 0. The van der Waals surface area contributed by atoms with E-state index < -0.39 is 6.10 Å². The van der Waals surface area contributed by atoms with Crippen molar-refractivity contribution >= 4 is 0 Å². The van der Waals surface area contributed by atoms with Gasteiger partial charge in [-0.25, -0.2) is 0 Å². The number of methoxy groups -OCH3 is 2. The van der Waals surface area contributed by atoms with Gasteiger partial charge >= 0.3 is 0 Å². The Labute approximate surface area is 138 Å². The number of hydrogen-bond donors (Lipinski definition) is 1. The molecule has 0 amide bonds. The van der Waals surface area contributed by atoms with E-state index in [9.17, 15) is 5.11 Å². The highest BCUT2D eigenvalue weighted by atomic mass is 16.5. The van der Waals surface area contributed by atoms with E-state index in [-0.39, 0.29) is 0 Å². The van der Waals surface area contributed by atoms with E-state index in [0.29, 0.717) is 13.2 Å². The fraction of sp³-hybridized carbons (Fsp3) is 0.368. The molecule has 1 N–H and O–H groups in total. The molecule has 4 heteroatoms. The second-order valence-corrected chi connectivity index (χ2v) is 5.50. The van der Waals surface area contributed by atoms with Crippen molar-refractivity contribution in [2.75, 3.05) is 33.9 Å². The Kier molecular flexibility index (Phi) is 7.07. The van der Waals surface area contributed by atoms with E-state index in [1.165, 1.54) is 5.56 Å². The number of benzene rings is 2. The molecular formula is C19H25NO3. The zero-order chi connectivity index (χ0) is 16.5. The summed E-state index contributed by atoms with van der Waals surface area (Å²) in [7, 11) is 3.36. The van der Waals surface area contributed by atoms with Gasteiger partial charge in [-0.2, -0.15) is 0 Å². The molecule has 0 aromatic heterocycles. The zero-order valence-electron chi connectivity index (χ0n) is 13.8. The van der Waals surface area contributed by atoms with E-state index in [1.54, 1.807) is 14.2 Å². The van der Waals surface area contributed by atoms with Crippen LogP contribution >= 0.6 is 0 Å². The Morgan fingerprint density at radius 3 is 2.30 bits per heavy atom. The van der Waals surface area contributed by atoms with Crippen LogP contribution in [0.4, 0.5) is 0 Å². The standard InChI is InChI=1S/C19H25NO3/c1-22-13-12-20(14-16-8-10-18(23-2)11-9-16)15-19(21)17-6-4-3-5-7-17/h3-11,19,21H,12-15H2,1-2H3. The Morgan fingerprint density at radius 2 is 1.70 bits per heavy atom. The first-order valence-corrected chi connectivity index (χ1v) is 7.80. The van der Waals surface area contributed by atoms with Crippen molar-refractivity contribution in [3.63, 3.8) is 0 Å². The van der Waals surface area contributed by atoms with Crippen molar-refractivity contribution < 1.29 is 14.6 Å². The molecule has 0 spiro atoms. The average molecular weight is 315 g/mol. The molecule has 2 aromatic carbocycles. The topological polar surface area (TPSA) is 41.9 Å². The van der Waals surface area contributed by atoms with Crippen LogP contribution in [-0.4, -0.2) is 43.9 Å². The third-order valence-electron chi connectivity index (χ3n) is 3.79. The van der Waals surface area contributed by atoms with Crippen LogP contribution in [0.15, 0.2) is 54.6 Å². The van der Waals surface area contributed by atoms with E-state index in [2.05, 4.69) is 4.90 Å². The van der Waals surface area contributed by atoms with Crippen LogP contribution in [0.3, 0.4) is 0 Å². The molecule has 0 bridgehead atoms. The Balaban J connectivity index is 2.00. The molecule has 2 aromatic rings. The van der Waals surface area contributed by atoms with Crippen molar-refractivity contribution in [2.45, 2.75) is 12.6 Å². The minimum Gasteiger partial charge on any atom is -0.497 e. The van der Waals surface area contributed by atoms with Crippen molar-refractivity contribution in [3.05, 3.63) is 65.7 Å². The second-order valence-electron chi connectivity index (χ2n) is 5.50. The average Bonchev–Trinajstić information content (AvgIpc) is 2.61. The maximum Gasteiger partial charge on any atom is 0.118 e. The first kappa shape index (κ1) is 17.5. The third-order valence-corrected chi connectivity index (χ3v) is 3.79. The summed E-state index contributed by atoms with van der Waals surface area (Å²) in [6.07, 6.45) is -0.508. The largest absolute Gasteiger partial charge is 0.497 e. The van der Waals surface area contributed by atoms with Crippen LogP contribution in [0.5, 0.6) is 5.75 Å². The fourth-order valence-corrected chi connectivity index (χ4v) is 2.47. The zero-order valence-corrected chi connectivity index (χ0v) is 13.8.